The maximum absolute atomic E-state index is 11.9. The van der Waals surface area contributed by atoms with Gasteiger partial charge in [0.25, 0.3) is 0 Å². The highest BCUT2D eigenvalue weighted by Gasteiger charge is 2.13. The number of rotatable bonds is 4. The molecule has 2 N–H and O–H groups in total. The number of nitrogens with one attached hydrogen (secondary N) is 2. The summed E-state index contributed by atoms with van der Waals surface area (Å²) >= 11 is 3.35. The van der Waals surface area contributed by atoms with E-state index in [9.17, 15) is 9.59 Å². The zero-order valence-electron chi connectivity index (χ0n) is 14.1. The number of aryl methyl sites for hydroxylation is 2. The molecular formula is C18H18BrN3O3. The molecule has 2 rings (SSSR count). The van der Waals surface area contributed by atoms with Crippen molar-refractivity contribution < 1.29 is 14.3 Å². The Labute approximate surface area is 154 Å². The number of methoxy groups -OCH3 is 1. The Kier molecular flexibility index (Phi) is 6.30. The van der Waals surface area contributed by atoms with Crippen molar-refractivity contribution in [1.82, 2.24) is 5.43 Å². The molecule has 0 aromatic heterocycles. The molecule has 7 heteroatoms. The Balaban J connectivity index is 2.00. The van der Waals surface area contributed by atoms with E-state index in [0.717, 1.165) is 15.6 Å². The van der Waals surface area contributed by atoms with E-state index < -0.39 is 11.8 Å². The number of ether oxygens (including phenoxy) is 1. The maximum atomic E-state index is 11.9. The maximum Gasteiger partial charge on any atom is 0.329 e. The van der Waals surface area contributed by atoms with E-state index in [1.54, 1.807) is 24.3 Å². The molecule has 0 heterocycles. The Morgan fingerprint density at radius 2 is 1.76 bits per heavy atom. The van der Waals surface area contributed by atoms with E-state index >= 15 is 0 Å². The van der Waals surface area contributed by atoms with Crippen LogP contribution in [0.2, 0.25) is 0 Å². The molecule has 0 saturated heterocycles. The SMILES string of the molecule is COc1ccc(Br)cc1/C=N\NC(=O)C(=O)Nc1cc(C)cc(C)c1. The van der Waals surface area contributed by atoms with Crippen LogP contribution in [0.5, 0.6) is 5.75 Å². The van der Waals surface area contributed by atoms with Gasteiger partial charge in [0.05, 0.1) is 13.3 Å². The van der Waals surface area contributed by atoms with Crippen molar-refractivity contribution in [2.24, 2.45) is 5.10 Å². The average Bonchev–Trinajstić information content (AvgIpc) is 2.54. The molecule has 0 atom stereocenters. The minimum Gasteiger partial charge on any atom is -0.496 e. The highest BCUT2D eigenvalue weighted by molar-refractivity contribution is 9.10. The van der Waals surface area contributed by atoms with Gasteiger partial charge in [-0.2, -0.15) is 5.10 Å². The van der Waals surface area contributed by atoms with Crippen LogP contribution in [-0.4, -0.2) is 25.1 Å². The summed E-state index contributed by atoms with van der Waals surface area (Å²) < 4.78 is 6.04. The summed E-state index contributed by atoms with van der Waals surface area (Å²) in [4.78, 5) is 23.8. The van der Waals surface area contributed by atoms with Crippen LogP contribution < -0.4 is 15.5 Å². The molecule has 0 spiro atoms. The van der Waals surface area contributed by atoms with Gasteiger partial charge in [0.1, 0.15) is 5.75 Å². The van der Waals surface area contributed by atoms with Crippen LogP contribution in [-0.2, 0) is 9.59 Å². The Morgan fingerprint density at radius 1 is 1.08 bits per heavy atom. The lowest BCUT2D eigenvalue weighted by Crippen LogP contribution is -2.32. The second kappa shape index (κ2) is 8.43. The first-order valence-electron chi connectivity index (χ1n) is 7.45. The summed E-state index contributed by atoms with van der Waals surface area (Å²) in [5, 5.41) is 6.35. The van der Waals surface area contributed by atoms with E-state index in [4.69, 9.17) is 4.74 Å². The topological polar surface area (TPSA) is 79.8 Å². The van der Waals surface area contributed by atoms with E-state index in [-0.39, 0.29) is 0 Å². The number of halogens is 1. The minimum atomic E-state index is -0.857. The molecule has 2 aromatic rings. The molecule has 0 bridgehead atoms. The summed E-state index contributed by atoms with van der Waals surface area (Å²) in [6, 6.07) is 10.9. The molecule has 2 aromatic carbocycles. The second-order valence-electron chi connectivity index (χ2n) is 5.42. The molecule has 0 unspecified atom stereocenters. The van der Waals surface area contributed by atoms with Crippen molar-refractivity contribution >= 4 is 39.6 Å². The largest absolute Gasteiger partial charge is 0.496 e. The standard InChI is InChI=1S/C18H18BrN3O3/c1-11-6-12(2)8-15(7-11)21-17(23)18(24)22-20-10-13-9-14(19)4-5-16(13)25-3/h4-10H,1-3H3,(H,21,23)(H,22,24)/b20-10-. The first-order chi connectivity index (χ1) is 11.9. The van der Waals surface area contributed by atoms with Gasteiger partial charge in [0.2, 0.25) is 0 Å². The van der Waals surface area contributed by atoms with Crippen LogP contribution >= 0.6 is 15.9 Å². The summed E-state index contributed by atoms with van der Waals surface area (Å²) in [5.74, 6) is -1.05. The normalized spacial score (nSPS) is 10.6. The molecule has 0 aliphatic carbocycles. The number of carbonyl (C=O) groups excluding carboxylic acids is 2. The van der Waals surface area contributed by atoms with Gasteiger partial charge in [0, 0.05) is 15.7 Å². The highest BCUT2D eigenvalue weighted by Crippen LogP contribution is 2.21. The van der Waals surface area contributed by atoms with E-state index in [1.165, 1.54) is 13.3 Å². The third-order valence-corrected chi connectivity index (χ3v) is 3.74. The number of benzene rings is 2. The Hall–Kier alpha value is -2.67. The molecule has 0 radical (unpaired) electrons. The lowest BCUT2D eigenvalue weighted by molar-refractivity contribution is -0.136. The van der Waals surface area contributed by atoms with Gasteiger partial charge in [-0.25, -0.2) is 5.43 Å². The third kappa shape index (κ3) is 5.42. The zero-order valence-corrected chi connectivity index (χ0v) is 15.7. The quantitative estimate of drug-likeness (QED) is 0.467. The fraction of sp³-hybridized carbons (Fsp3) is 0.167. The van der Waals surface area contributed by atoms with Crippen molar-refractivity contribution in [3.8, 4) is 5.75 Å². The van der Waals surface area contributed by atoms with Gasteiger partial charge < -0.3 is 10.1 Å². The van der Waals surface area contributed by atoms with Crippen LogP contribution in [0.4, 0.5) is 5.69 Å². The van der Waals surface area contributed by atoms with E-state index in [0.29, 0.717) is 17.0 Å². The molecule has 130 valence electrons. The van der Waals surface area contributed by atoms with Gasteiger partial charge in [-0.15, -0.1) is 0 Å². The zero-order chi connectivity index (χ0) is 18.4. The van der Waals surface area contributed by atoms with Crippen molar-refractivity contribution in [1.29, 1.82) is 0 Å². The summed E-state index contributed by atoms with van der Waals surface area (Å²) in [6.07, 6.45) is 1.41. The van der Waals surface area contributed by atoms with Gasteiger partial charge in [0.15, 0.2) is 0 Å². The fourth-order valence-corrected chi connectivity index (χ4v) is 2.63. The predicted octanol–water partition coefficient (Wildman–Crippen LogP) is 3.16. The Bertz CT molecular complexity index is 814. The van der Waals surface area contributed by atoms with E-state index in [2.05, 4.69) is 31.8 Å². The van der Waals surface area contributed by atoms with Crippen molar-refractivity contribution in [2.75, 3.05) is 12.4 Å². The predicted molar refractivity (Wildman–Crippen MR) is 101 cm³/mol. The number of anilines is 1. The van der Waals surface area contributed by atoms with E-state index in [1.807, 2.05) is 26.0 Å². The number of hydrogen-bond donors (Lipinski definition) is 2. The number of hydrogen-bond acceptors (Lipinski definition) is 4. The van der Waals surface area contributed by atoms with Crippen LogP contribution in [0, 0.1) is 13.8 Å². The summed E-state index contributed by atoms with van der Waals surface area (Å²) in [6.45, 7) is 3.83. The van der Waals surface area contributed by atoms with Gasteiger partial charge in [-0.05, 0) is 55.3 Å². The highest BCUT2D eigenvalue weighted by atomic mass is 79.9. The van der Waals surface area contributed by atoms with Crippen molar-refractivity contribution in [3.05, 3.63) is 57.6 Å². The smallest absolute Gasteiger partial charge is 0.329 e. The molecule has 0 aliphatic rings. The number of nitrogens with zero attached hydrogens (tertiary/aromatic N) is 1. The Morgan fingerprint density at radius 3 is 2.40 bits per heavy atom. The third-order valence-electron chi connectivity index (χ3n) is 3.25. The molecule has 25 heavy (non-hydrogen) atoms. The molecule has 2 amide bonds. The van der Waals surface area contributed by atoms with Crippen molar-refractivity contribution in [3.63, 3.8) is 0 Å². The fourth-order valence-electron chi connectivity index (χ4n) is 2.25. The first-order valence-corrected chi connectivity index (χ1v) is 8.24. The summed E-state index contributed by atoms with van der Waals surface area (Å²) in [5.41, 5.74) is 5.41. The molecular weight excluding hydrogens is 386 g/mol. The second-order valence-corrected chi connectivity index (χ2v) is 6.33. The average molecular weight is 404 g/mol. The summed E-state index contributed by atoms with van der Waals surface area (Å²) in [7, 11) is 1.54. The number of carbonyl (C=O) groups is 2. The van der Waals surface area contributed by atoms with Gasteiger partial charge in [-0.1, -0.05) is 22.0 Å². The van der Waals surface area contributed by atoms with Gasteiger partial charge in [-0.3, -0.25) is 9.59 Å². The number of hydrazone groups is 1. The molecule has 0 saturated carbocycles. The first kappa shape index (κ1) is 18.7. The molecule has 0 aliphatic heterocycles. The lowest BCUT2D eigenvalue weighted by atomic mass is 10.1. The molecule has 0 fully saturated rings. The van der Waals surface area contributed by atoms with Crippen molar-refractivity contribution in [2.45, 2.75) is 13.8 Å². The molecule has 6 nitrogen and oxygen atoms in total. The van der Waals surface area contributed by atoms with Crippen LogP contribution in [0.15, 0.2) is 46.0 Å². The van der Waals surface area contributed by atoms with Gasteiger partial charge >= 0.3 is 11.8 Å². The lowest BCUT2D eigenvalue weighted by Gasteiger charge is -2.07. The van der Waals surface area contributed by atoms with Crippen LogP contribution in [0.3, 0.4) is 0 Å². The van der Waals surface area contributed by atoms with Crippen LogP contribution in [0.1, 0.15) is 16.7 Å². The number of amides is 2. The monoisotopic (exact) mass is 403 g/mol. The van der Waals surface area contributed by atoms with Crippen LogP contribution in [0.25, 0.3) is 0 Å². The minimum absolute atomic E-state index is 0.565.